The lowest BCUT2D eigenvalue weighted by Gasteiger charge is -2.16. The molecule has 2 rings (SSSR count). The minimum absolute atomic E-state index is 0.0186. The number of aromatic nitrogens is 1. The molecule has 0 radical (unpaired) electrons. The fraction of sp³-hybridized carbons (Fsp3) is 0.455. The van der Waals surface area contributed by atoms with Crippen LogP contribution in [-0.2, 0) is 9.73 Å². The number of halogens is 1. The van der Waals surface area contributed by atoms with Gasteiger partial charge in [-0.15, -0.1) is 0 Å². The molecule has 6 nitrogen and oxygen atoms in total. The number of hydrogen-bond acceptors (Lipinski definition) is 5. The number of benzene rings is 1. The van der Waals surface area contributed by atoms with E-state index < -0.39 is 9.73 Å². The van der Waals surface area contributed by atoms with Crippen LogP contribution in [0.2, 0.25) is 0 Å². The Morgan fingerprint density at radius 3 is 2.63 bits per heavy atom. The highest BCUT2D eigenvalue weighted by Gasteiger charge is 2.14. The first-order valence-corrected chi connectivity index (χ1v) is 12.5. The number of pyridine rings is 1. The average Bonchev–Trinajstić information content (AvgIpc) is 2.67. The summed E-state index contributed by atoms with van der Waals surface area (Å²) < 4.78 is 24.2. The minimum Gasteiger partial charge on any atom is -0.438 e. The van der Waals surface area contributed by atoms with Crippen LogP contribution in [0.15, 0.2) is 49.1 Å². The summed E-state index contributed by atoms with van der Waals surface area (Å²) >= 11 is 3.52. The molecule has 1 atom stereocenters. The van der Waals surface area contributed by atoms with Crippen molar-refractivity contribution in [2.45, 2.75) is 39.5 Å². The molecule has 8 heteroatoms. The summed E-state index contributed by atoms with van der Waals surface area (Å²) in [6.45, 7) is 11.6. The average molecular weight is 495 g/mol. The van der Waals surface area contributed by atoms with Crippen molar-refractivity contribution in [2.24, 2.45) is 14.8 Å². The van der Waals surface area contributed by atoms with E-state index in [-0.39, 0.29) is 5.41 Å². The topological polar surface area (TPSA) is 67.2 Å². The molecule has 2 aromatic rings. The van der Waals surface area contributed by atoms with Crippen LogP contribution in [0.1, 0.15) is 33.4 Å². The van der Waals surface area contributed by atoms with Crippen LogP contribution < -0.4 is 4.74 Å². The van der Waals surface area contributed by atoms with Gasteiger partial charge >= 0.3 is 0 Å². The third-order valence-electron chi connectivity index (χ3n) is 4.24. The van der Waals surface area contributed by atoms with Crippen molar-refractivity contribution < 1.29 is 8.95 Å². The fourth-order valence-corrected chi connectivity index (χ4v) is 4.11. The number of hydrogen-bond donors (Lipinski definition) is 0. The van der Waals surface area contributed by atoms with Crippen LogP contribution in [0.25, 0.3) is 0 Å². The van der Waals surface area contributed by atoms with Gasteiger partial charge in [0.15, 0.2) is 0 Å². The molecule has 0 saturated carbocycles. The number of rotatable bonds is 7. The molecule has 0 aliphatic heterocycles. The highest BCUT2D eigenvalue weighted by atomic mass is 79.9. The van der Waals surface area contributed by atoms with E-state index in [0.717, 1.165) is 17.9 Å². The van der Waals surface area contributed by atoms with Gasteiger partial charge in [0.25, 0.3) is 0 Å². The predicted octanol–water partition coefficient (Wildman–Crippen LogP) is 6.06. The largest absolute Gasteiger partial charge is 0.438 e. The zero-order valence-corrected chi connectivity index (χ0v) is 21.2. The Hall–Kier alpha value is -1.93. The van der Waals surface area contributed by atoms with Crippen molar-refractivity contribution in [3.05, 3.63) is 40.5 Å². The van der Waals surface area contributed by atoms with Gasteiger partial charge in [-0.1, -0.05) is 26.8 Å². The van der Waals surface area contributed by atoms with Gasteiger partial charge in [0.05, 0.1) is 43.4 Å². The summed E-state index contributed by atoms with van der Waals surface area (Å²) in [4.78, 5) is 11.6. The molecule has 0 saturated heterocycles. The first-order valence-electron chi connectivity index (χ1n) is 9.79. The van der Waals surface area contributed by atoms with Crippen molar-refractivity contribution in [1.29, 1.82) is 0 Å². The smallest absolute Gasteiger partial charge is 0.233 e. The molecule has 30 heavy (non-hydrogen) atoms. The maximum Gasteiger partial charge on any atom is 0.233 e. The Balaban J connectivity index is 2.29. The standard InChI is InChI=1S/C22H31BrN4O2S/c1-8-27(6)15-24-20-13-19(23)21(26-16(20)2)29-17-10-9-11-18(12-17)30(7,28)25-14-22(3,4)5/h9-13,15H,8,14H2,1-7H3. The van der Waals surface area contributed by atoms with Crippen LogP contribution >= 0.6 is 15.9 Å². The van der Waals surface area contributed by atoms with Gasteiger partial charge in [0.2, 0.25) is 5.88 Å². The normalized spacial score (nSPS) is 13.9. The van der Waals surface area contributed by atoms with E-state index in [1.165, 1.54) is 0 Å². The van der Waals surface area contributed by atoms with Gasteiger partial charge in [-0.2, -0.15) is 0 Å². The Morgan fingerprint density at radius 2 is 2.00 bits per heavy atom. The summed E-state index contributed by atoms with van der Waals surface area (Å²) in [5.41, 5.74) is 1.50. The third-order valence-corrected chi connectivity index (χ3v) is 6.56. The summed E-state index contributed by atoms with van der Waals surface area (Å²) in [5, 5.41) is 0. The van der Waals surface area contributed by atoms with Gasteiger partial charge in [0.1, 0.15) is 5.75 Å². The highest BCUT2D eigenvalue weighted by Crippen LogP contribution is 2.33. The maximum absolute atomic E-state index is 13.1. The van der Waals surface area contributed by atoms with Crippen molar-refractivity contribution >= 4 is 37.7 Å². The van der Waals surface area contributed by atoms with Gasteiger partial charge in [-0.05, 0) is 59.5 Å². The second kappa shape index (κ2) is 9.92. The number of ether oxygens (including phenoxy) is 1. The highest BCUT2D eigenvalue weighted by molar-refractivity contribution is 9.10. The molecule has 164 valence electrons. The molecule has 0 bridgehead atoms. The van der Waals surface area contributed by atoms with Gasteiger partial charge in [-0.3, -0.25) is 0 Å². The van der Waals surface area contributed by atoms with Gasteiger partial charge < -0.3 is 9.64 Å². The van der Waals surface area contributed by atoms with E-state index in [4.69, 9.17) is 4.74 Å². The molecule has 1 unspecified atom stereocenters. The molecule has 1 heterocycles. The molecule has 0 amide bonds. The lowest BCUT2D eigenvalue weighted by atomic mass is 9.98. The molecule has 0 fully saturated rings. The van der Waals surface area contributed by atoms with Crippen molar-refractivity contribution in [1.82, 2.24) is 9.88 Å². The summed E-state index contributed by atoms with van der Waals surface area (Å²) in [6.07, 6.45) is 3.44. The fourth-order valence-electron chi connectivity index (χ4n) is 2.27. The Morgan fingerprint density at radius 1 is 1.30 bits per heavy atom. The lowest BCUT2D eigenvalue weighted by molar-refractivity contribution is 0.430. The van der Waals surface area contributed by atoms with Crippen LogP contribution in [0.5, 0.6) is 11.6 Å². The lowest BCUT2D eigenvalue weighted by Crippen LogP contribution is -2.14. The van der Waals surface area contributed by atoms with E-state index in [2.05, 4.69) is 58.0 Å². The first kappa shape index (κ1) is 24.3. The zero-order chi connectivity index (χ0) is 22.5. The molecular formula is C22H31BrN4O2S. The number of nitrogens with zero attached hydrogens (tertiary/aromatic N) is 4. The maximum atomic E-state index is 13.1. The Kier molecular flexibility index (Phi) is 8.05. The molecule has 1 aromatic heterocycles. The van der Waals surface area contributed by atoms with Crippen molar-refractivity contribution in [3.8, 4) is 11.6 Å². The van der Waals surface area contributed by atoms with Crippen LogP contribution in [0.3, 0.4) is 0 Å². The first-order chi connectivity index (χ1) is 13.9. The predicted molar refractivity (Wildman–Crippen MR) is 129 cm³/mol. The monoisotopic (exact) mass is 494 g/mol. The summed E-state index contributed by atoms with van der Waals surface area (Å²) in [5.74, 6) is 0.990. The van der Waals surface area contributed by atoms with Crippen LogP contribution in [-0.4, -0.2) is 46.8 Å². The summed E-state index contributed by atoms with van der Waals surface area (Å²) in [6, 6.07) is 9.09. The van der Waals surface area contributed by atoms with Crippen LogP contribution in [0.4, 0.5) is 5.69 Å². The Bertz CT molecular complexity index is 1040. The van der Waals surface area contributed by atoms with Gasteiger partial charge in [-0.25, -0.2) is 18.5 Å². The molecule has 0 aliphatic rings. The van der Waals surface area contributed by atoms with Crippen molar-refractivity contribution in [3.63, 3.8) is 0 Å². The molecule has 0 N–H and O–H groups in total. The quantitative estimate of drug-likeness (QED) is 0.346. The number of aliphatic imine (C=N–C) groups is 1. The molecule has 0 spiro atoms. The SMILES string of the molecule is CCN(C)C=Nc1cc(Br)c(Oc2cccc(S(C)(=O)=NCC(C)(C)C)c2)nc1C. The minimum atomic E-state index is -2.51. The second-order valence-corrected chi connectivity index (χ2v) is 11.6. The van der Waals surface area contributed by atoms with E-state index in [0.29, 0.717) is 27.5 Å². The number of aryl methyl sites for hydroxylation is 1. The van der Waals surface area contributed by atoms with Gasteiger partial charge in [0, 0.05) is 19.8 Å². The zero-order valence-electron chi connectivity index (χ0n) is 18.8. The Labute approximate surface area is 189 Å². The van der Waals surface area contributed by atoms with Crippen molar-refractivity contribution in [2.75, 3.05) is 26.4 Å². The van der Waals surface area contributed by atoms with E-state index >= 15 is 0 Å². The molecule has 0 aliphatic carbocycles. The molecular weight excluding hydrogens is 464 g/mol. The second-order valence-electron chi connectivity index (χ2n) is 8.42. The van der Waals surface area contributed by atoms with Crippen LogP contribution in [0, 0.1) is 12.3 Å². The van der Waals surface area contributed by atoms with E-state index in [1.54, 1.807) is 18.7 Å². The third kappa shape index (κ3) is 7.09. The van der Waals surface area contributed by atoms with E-state index in [1.807, 2.05) is 43.1 Å². The van der Waals surface area contributed by atoms with E-state index in [9.17, 15) is 4.21 Å². The molecule has 1 aromatic carbocycles. The summed E-state index contributed by atoms with van der Waals surface area (Å²) in [7, 11) is -0.549.